The summed E-state index contributed by atoms with van der Waals surface area (Å²) in [6.45, 7) is 9.95. The van der Waals surface area contributed by atoms with Crippen LogP contribution in [-0.4, -0.2) is 17.4 Å². The van der Waals surface area contributed by atoms with Crippen molar-refractivity contribution in [3.63, 3.8) is 0 Å². The number of hydrogen-bond donors (Lipinski definition) is 0. The van der Waals surface area contributed by atoms with E-state index >= 15 is 0 Å². The highest BCUT2D eigenvalue weighted by Gasteiger charge is 2.21. The van der Waals surface area contributed by atoms with Gasteiger partial charge in [-0.05, 0) is 28.5 Å². The molecule has 0 fully saturated rings. The van der Waals surface area contributed by atoms with Gasteiger partial charge >= 0.3 is 0 Å². The predicted octanol–water partition coefficient (Wildman–Crippen LogP) is 2.89. The van der Waals surface area contributed by atoms with E-state index in [0.717, 1.165) is 19.5 Å². The molecule has 0 atom stereocenters. The van der Waals surface area contributed by atoms with Crippen molar-refractivity contribution in [2.45, 2.75) is 46.1 Å². The third kappa shape index (κ3) is 2.51. The van der Waals surface area contributed by atoms with E-state index in [-0.39, 0.29) is 11.3 Å². The van der Waals surface area contributed by atoms with Crippen LogP contribution in [-0.2, 0) is 23.2 Å². The van der Waals surface area contributed by atoms with Crippen LogP contribution in [0.4, 0.5) is 0 Å². The average Bonchev–Trinajstić information content (AvgIpc) is 2.26. The van der Waals surface area contributed by atoms with Crippen LogP contribution < -0.4 is 0 Å². The van der Waals surface area contributed by atoms with Gasteiger partial charge in [-0.1, -0.05) is 39.0 Å². The molecular formula is C15H21NO. The molecule has 0 aliphatic carbocycles. The lowest BCUT2D eigenvalue weighted by molar-refractivity contribution is -0.129. The topological polar surface area (TPSA) is 20.3 Å². The monoisotopic (exact) mass is 231 g/mol. The molecule has 2 heteroatoms. The lowest BCUT2D eigenvalue weighted by atomic mass is 9.84. The highest BCUT2D eigenvalue weighted by molar-refractivity contribution is 5.73. The molecule has 0 saturated heterocycles. The Balaban J connectivity index is 2.32. The highest BCUT2D eigenvalue weighted by Crippen LogP contribution is 2.27. The third-order valence-electron chi connectivity index (χ3n) is 3.53. The van der Waals surface area contributed by atoms with Crippen molar-refractivity contribution in [2.75, 3.05) is 6.54 Å². The van der Waals surface area contributed by atoms with Gasteiger partial charge in [-0.25, -0.2) is 0 Å². The van der Waals surface area contributed by atoms with Crippen LogP contribution in [0.2, 0.25) is 0 Å². The fourth-order valence-electron chi connectivity index (χ4n) is 2.29. The lowest BCUT2D eigenvalue weighted by Gasteiger charge is -2.30. The molecule has 17 heavy (non-hydrogen) atoms. The van der Waals surface area contributed by atoms with E-state index in [9.17, 15) is 4.79 Å². The number of fused-ring (bicyclic) bond motifs is 1. The van der Waals surface area contributed by atoms with Gasteiger partial charge in [0.1, 0.15) is 0 Å². The Morgan fingerprint density at radius 1 is 1.24 bits per heavy atom. The highest BCUT2D eigenvalue weighted by atomic mass is 16.2. The molecule has 1 aromatic carbocycles. The minimum atomic E-state index is 0.174. The van der Waals surface area contributed by atoms with E-state index in [4.69, 9.17) is 0 Å². The summed E-state index contributed by atoms with van der Waals surface area (Å²) in [6.07, 6.45) is 0.985. The zero-order chi connectivity index (χ0) is 12.6. The number of nitrogens with zero attached hydrogens (tertiary/aromatic N) is 1. The van der Waals surface area contributed by atoms with Gasteiger partial charge in [0.2, 0.25) is 5.91 Å². The molecule has 0 radical (unpaired) electrons. The second-order valence-electron chi connectivity index (χ2n) is 5.92. The first-order chi connectivity index (χ1) is 7.88. The molecule has 1 heterocycles. The molecule has 2 rings (SSSR count). The summed E-state index contributed by atoms with van der Waals surface area (Å²) in [4.78, 5) is 13.3. The maximum absolute atomic E-state index is 11.4. The Hall–Kier alpha value is -1.31. The molecule has 92 valence electrons. The summed E-state index contributed by atoms with van der Waals surface area (Å²) in [6, 6.07) is 6.72. The van der Waals surface area contributed by atoms with E-state index in [1.807, 2.05) is 4.90 Å². The van der Waals surface area contributed by atoms with Crippen molar-refractivity contribution in [1.82, 2.24) is 4.90 Å². The molecule has 1 aromatic rings. The number of benzene rings is 1. The Kier molecular flexibility index (Phi) is 2.98. The molecule has 0 unspecified atom stereocenters. The molecule has 0 spiro atoms. The smallest absolute Gasteiger partial charge is 0.219 e. The van der Waals surface area contributed by atoms with Gasteiger partial charge < -0.3 is 4.90 Å². The van der Waals surface area contributed by atoms with E-state index in [1.165, 1.54) is 16.7 Å². The summed E-state index contributed by atoms with van der Waals surface area (Å²) < 4.78 is 0. The molecule has 1 amide bonds. The number of hydrogen-bond acceptors (Lipinski definition) is 1. The van der Waals surface area contributed by atoms with Crippen LogP contribution in [0.1, 0.15) is 44.4 Å². The molecular weight excluding hydrogens is 210 g/mol. The number of amides is 1. The van der Waals surface area contributed by atoms with Gasteiger partial charge in [-0.15, -0.1) is 0 Å². The standard InChI is InChI=1S/C15H21NO/c1-11(17)16-8-7-12-5-6-14(15(2,3)4)9-13(12)10-16/h5-6,9H,7-8,10H2,1-4H3. The van der Waals surface area contributed by atoms with Crippen LogP contribution >= 0.6 is 0 Å². The van der Waals surface area contributed by atoms with Crippen molar-refractivity contribution in [2.24, 2.45) is 0 Å². The predicted molar refractivity (Wildman–Crippen MR) is 69.9 cm³/mol. The molecule has 0 N–H and O–H groups in total. The van der Waals surface area contributed by atoms with Crippen molar-refractivity contribution < 1.29 is 4.79 Å². The number of carbonyl (C=O) groups is 1. The van der Waals surface area contributed by atoms with Crippen molar-refractivity contribution >= 4 is 5.91 Å². The zero-order valence-corrected chi connectivity index (χ0v) is 11.2. The van der Waals surface area contributed by atoms with E-state index in [1.54, 1.807) is 6.92 Å². The van der Waals surface area contributed by atoms with Gasteiger partial charge in [0.15, 0.2) is 0 Å². The maximum atomic E-state index is 11.4. The fourth-order valence-corrected chi connectivity index (χ4v) is 2.29. The molecule has 1 aliphatic heterocycles. The summed E-state index contributed by atoms with van der Waals surface area (Å²) in [5.41, 5.74) is 4.24. The molecule has 1 aliphatic rings. The van der Waals surface area contributed by atoms with Gasteiger partial charge in [0, 0.05) is 20.0 Å². The second kappa shape index (κ2) is 4.17. The van der Waals surface area contributed by atoms with Gasteiger partial charge in [-0.2, -0.15) is 0 Å². The Labute approximate surface area is 104 Å². The molecule has 0 bridgehead atoms. The first-order valence-electron chi connectivity index (χ1n) is 6.26. The fraction of sp³-hybridized carbons (Fsp3) is 0.533. The lowest BCUT2D eigenvalue weighted by Crippen LogP contribution is -2.34. The minimum absolute atomic E-state index is 0.174. The van der Waals surface area contributed by atoms with Gasteiger partial charge in [0.05, 0.1) is 0 Å². The first-order valence-corrected chi connectivity index (χ1v) is 6.26. The van der Waals surface area contributed by atoms with Crippen LogP contribution in [0, 0.1) is 0 Å². The average molecular weight is 231 g/mol. The van der Waals surface area contributed by atoms with Gasteiger partial charge in [0.25, 0.3) is 0 Å². The normalized spacial score (nSPS) is 15.6. The quantitative estimate of drug-likeness (QED) is 0.672. The van der Waals surface area contributed by atoms with Crippen LogP contribution in [0.15, 0.2) is 18.2 Å². The Morgan fingerprint density at radius 3 is 2.53 bits per heavy atom. The van der Waals surface area contributed by atoms with Gasteiger partial charge in [-0.3, -0.25) is 4.79 Å². The molecule has 2 nitrogen and oxygen atoms in total. The van der Waals surface area contributed by atoms with Crippen LogP contribution in [0.25, 0.3) is 0 Å². The van der Waals surface area contributed by atoms with E-state index in [0.29, 0.717) is 0 Å². The van der Waals surface area contributed by atoms with Crippen LogP contribution in [0.5, 0.6) is 0 Å². The summed E-state index contributed by atoms with van der Waals surface area (Å²) >= 11 is 0. The molecule has 0 saturated carbocycles. The largest absolute Gasteiger partial charge is 0.338 e. The summed E-state index contributed by atoms with van der Waals surface area (Å²) in [7, 11) is 0. The first kappa shape index (κ1) is 12.2. The van der Waals surface area contributed by atoms with Crippen molar-refractivity contribution in [1.29, 1.82) is 0 Å². The van der Waals surface area contributed by atoms with E-state index < -0.39 is 0 Å². The summed E-state index contributed by atoms with van der Waals surface area (Å²) in [5, 5.41) is 0. The molecule has 0 aromatic heterocycles. The number of carbonyl (C=O) groups excluding carboxylic acids is 1. The van der Waals surface area contributed by atoms with Crippen molar-refractivity contribution in [3.05, 3.63) is 34.9 Å². The van der Waals surface area contributed by atoms with Crippen molar-refractivity contribution in [3.8, 4) is 0 Å². The summed E-state index contributed by atoms with van der Waals surface area (Å²) in [5.74, 6) is 0.178. The van der Waals surface area contributed by atoms with Crippen LogP contribution in [0.3, 0.4) is 0 Å². The second-order valence-corrected chi connectivity index (χ2v) is 5.92. The maximum Gasteiger partial charge on any atom is 0.219 e. The third-order valence-corrected chi connectivity index (χ3v) is 3.53. The minimum Gasteiger partial charge on any atom is -0.338 e. The number of rotatable bonds is 0. The Bertz CT molecular complexity index is 443. The SMILES string of the molecule is CC(=O)N1CCc2ccc(C(C)(C)C)cc2C1. The van der Waals surface area contributed by atoms with E-state index in [2.05, 4.69) is 39.0 Å². The Morgan fingerprint density at radius 2 is 1.94 bits per heavy atom. The zero-order valence-electron chi connectivity index (χ0n) is 11.2.